The van der Waals surface area contributed by atoms with E-state index in [1.807, 2.05) is 0 Å². The van der Waals surface area contributed by atoms with Gasteiger partial charge in [-0.3, -0.25) is 4.99 Å². The van der Waals surface area contributed by atoms with Crippen molar-refractivity contribution in [3.63, 3.8) is 0 Å². The first-order chi connectivity index (χ1) is 7.84. The zero-order valence-electron chi connectivity index (χ0n) is 10.7. The number of nitrogens with one attached hydrogen (secondary N) is 1. The van der Waals surface area contributed by atoms with E-state index in [-0.39, 0.29) is 24.0 Å². The molecular formula is C13H26IN3. The molecule has 0 heterocycles. The molecule has 2 rings (SSSR count). The Balaban J connectivity index is 0.00000144. The fourth-order valence-electron chi connectivity index (χ4n) is 2.49. The average Bonchev–Trinajstić information content (AvgIpc) is 3.10. The van der Waals surface area contributed by atoms with Crippen LogP contribution < -0.4 is 11.1 Å². The second kappa shape index (κ2) is 8.16. The van der Waals surface area contributed by atoms with Crippen LogP contribution in [0.1, 0.15) is 57.8 Å². The summed E-state index contributed by atoms with van der Waals surface area (Å²) in [7, 11) is 0. The van der Waals surface area contributed by atoms with E-state index in [0.29, 0.717) is 12.0 Å². The highest BCUT2D eigenvalue weighted by Crippen LogP contribution is 2.33. The largest absolute Gasteiger partial charge is 0.370 e. The molecule has 0 aromatic rings. The van der Waals surface area contributed by atoms with Gasteiger partial charge >= 0.3 is 0 Å². The van der Waals surface area contributed by atoms with Gasteiger partial charge in [-0.2, -0.15) is 0 Å². The van der Waals surface area contributed by atoms with Gasteiger partial charge in [0, 0.05) is 12.6 Å². The van der Waals surface area contributed by atoms with E-state index in [9.17, 15) is 0 Å². The minimum absolute atomic E-state index is 0. The van der Waals surface area contributed by atoms with Crippen molar-refractivity contribution in [2.45, 2.75) is 63.8 Å². The van der Waals surface area contributed by atoms with Gasteiger partial charge in [-0.05, 0) is 31.6 Å². The van der Waals surface area contributed by atoms with Crippen molar-refractivity contribution in [1.29, 1.82) is 0 Å². The molecule has 2 aliphatic rings. The van der Waals surface area contributed by atoms with Gasteiger partial charge < -0.3 is 11.1 Å². The number of halogens is 1. The van der Waals surface area contributed by atoms with Gasteiger partial charge in [0.1, 0.15) is 0 Å². The maximum atomic E-state index is 5.88. The average molecular weight is 351 g/mol. The van der Waals surface area contributed by atoms with Crippen molar-refractivity contribution in [3.8, 4) is 0 Å². The number of hydrogen-bond acceptors (Lipinski definition) is 1. The summed E-state index contributed by atoms with van der Waals surface area (Å²) in [4.78, 5) is 4.40. The Morgan fingerprint density at radius 2 is 1.82 bits per heavy atom. The van der Waals surface area contributed by atoms with Gasteiger partial charge in [-0.1, -0.05) is 32.1 Å². The van der Waals surface area contributed by atoms with Crippen molar-refractivity contribution >= 4 is 29.9 Å². The third kappa shape index (κ3) is 6.48. The molecule has 0 radical (unpaired) electrons. The van der Waals surface area contributed by atoms with Crippen LogP contribution in [0.2, 0.25) is 0 Å². The molecule has 4 heteroatoms. The molecule has 0 unspecified atom stereocenters. The molecule has 3 nitrogen and oxygen atoms in total. The molecule has 2 aliphatic carbocycles. The number of aliphatic imine (C=N–C) groups is 1. The van der Waals surface area contributed by atoms with Crippen LogP contribution in [0.25, 0.3) is 0 Å². The van der Waals surface area contributed by atoms with Crippen molar-refractivity contribution < 1.29 is 0 Å². The van der Waals surface area contributed by atoms with E-state index in [1.54, 1.807) is 0 Å². The molecule has 0 atom stereocenters. The minimum Gasteiger partial charge on any atom is -0.370 e. The highest BCUT2D eigenvalue weighted by Gasteiger charge is 2.19. The highest BCUT2D eigenvalue weighted by molar-refractivity contribution is 14.0. The number of nitrogens with two attached hydrogens (primary N) is 1. The lowest BCUT2D eigenvalue weighted by molar-refractivity contribution is 0.412. The first-order valence-electron chi connectivity index (χ1n) is 6.91. The number of guanidine groups is 1. The van der Waals surface area contributed by atoms with E-state index in [2.05, 4.69) is 10.3 Å². The quantitative estimate of drug-likeness (QED) is 0.346. The van der Waals surface area contributed by atoms with Crippen LogP contribution in [0.4, 0.5) is 0 Å². The lowest BCUT2D eigenvalue weighted by atomic mass is 9.96. The molecule has 3 N–H and O–H groups in total. The van der Waals surface area contributed by atoms with E-state index in [4.69, 9.17) is 5.73 Å². The predicted molar refractivity (Wildman–Crippen MR) is 83.9 cm³/mol. The van der Waals surface area contributed by atoms with Crippen LogP contribution in [0.15, 0.2) is 4.99 Å². The van der Waals surface area contributed by atoms with Crippen LogP contribution in [0.3, 0.4) is 0 Å². The summed E-state index contributed by atoms with van der Waals surface area (Å²) in [5.74, 6) is 1.69. The Morgan fingerprint density at radius 1 is 1.12 bits per heavy atom. The standard InChI is InChI=1S/C13H25N3.HI/c14-13(15-10-4-5-11-8-9-11)16-12-6-2-1-3-7-12;/h11-12H,1-10H2,(H3,14,15,16);1H. The first-order valence-corrected chi connectivity index (χ1v) is 6.91. The predicted octanol–water partition coefficient (Wildman–Crippen LogP) is 3.03. The zero-order valence-corrected chi connectivity index (χ0v) is 13.0. The van der Waals surface area contributed by atoms with E-state index < -0.39 is 0 Å². The van der Waals surface area contributed by atoms with E-state index in [0.717, 1.165) is 12.5 Å². The van der Waals surface area contributed by atoms with Gasteiger partial charge in [-0.25, -0.2) is 0 Å². The first kappa shape index (κ1) is 15.1. The van der Waals surface area contributed by atoms with Gasteiger partial charge in [0.15, 0.2) is 5.96 Å². The maximum Gasteiger partial charge on any atom is 0.188 e. The highest BCUT2D eigenvalue weighted by atomic mass is 127. The molecule has 0 aliphatic heterocycles. The fourth-order valence-corrected chi connectivity index (χ4v) is 2.49. The summed E-state index contributed by atoms with van der Waals surface area (Å²) in [6, 6.07) is 0.584. The van der Waals surface area contributed by atoms with Crippen molar-refractivity contribution in [3.05, 3.63) is 0 Å². The summed E-state index contributed by atoms with van der Waals surface area (Å²) < 4.78 is 0. The van der Waals surface area contributed by atoms with Crippen LogP contribution in [-0.4, -0.2) is 18.5 Å². The Bertz CT molecular complexity index is 233. The summed E-state index contributed by atoms with van der Waals surface area (Å²) in [6.07, 6.45) is 12.0. The molecule has 100 valence electrons. The van der Waals surface area contributed by atoms with Gasteiger partial charge in [0.25, 0.3) is 0 Å². The molecule has 0 spiro atoms. The Hall–Kier alpha value is 0. The maximum absolute atomic E-state index is 5.88. The minimum atomic E-state index is 0. The molecule has 17 heavy (non-hydrogen) atoms. The SMILES string of the molecule is I.NC(=NCCCC1CC1)NC1CCCCC1. The topological polar surface area (TPSA) is 50.4 Å². The normalized spacial score (nSPS) is 22.0. The summed E-state index contributed by atoms with van der Waals surface area (Å²) >= 11 is 0. The zero-order chi connectivity index (χ0) is 11.2. The Labute approximate surface area is 122 Å². The molecule has 0 saturated heterocycles. The van der Waals surface area contributed by atoms with Gasteiger partial charge in [0.2, 0.25) is 0 Å². The van der Waals surface area contributed by atoms with Gasteiger partial charge in [-0.15, -0.1) is 24.0 Å². The Kier molecular flexibility index (Phi) is 7.23. The monoisotopic (exact) mass is 351 g/mol. The molecule has 0 aromatic heterocycles. The summed E-state index contributed by atoms with van der Waals surface area (Å²) in [5, 5.41) is 3.35. The molecular weight excluding hydrogens is 325 g/mol. The van der Waals surface area contributed by atoms with Crippen molar-refractivity contribution in [1.82, 2.24) is 5.32 Å². The van der Waals surface area contributed by atoms with E-state index in [1.165, 1.54) is 57.8 Å². The summed E-state index contributed by atoms with van der Waals surface area (Å²) in [5.41, 5.74) is 5.88. The summed E-state index contributed by atoms with van der Waals surface area (Å²) in [6.45, 7) is 0.905. The van der Waals surface area contributed by atoms with E-state index >= 15 is 0 Å². The van der Waals surface area contributed by atoms with Crippen LogP contribution in [0, 0.1) is 5.92 Å². The molecule has 0 amide bonds. The smallest absolute Gasteiger partial charge is 0.188 e. The van der Waals surface area contributed by atoms with Crippen molar-refractivity contribution in [2.24, 2.45) is 16.6 Å². The molecule has 0 bridgehead atoms. The third-order valence-electron chi connectivity index (χ3n) is 3.71. The van der Waals surface area contributed by atoms with Crippen molar-refractivity contribution in [2.75, 3.05) is 6.54 Å². The second-order valence-electron chi connectivity index (χ2n) is 5.33. The molecule has 0 aromatic carbocycles. The van der Waals surface area contributed by atoms with Crippen LogP contribution >= 0.6 is 24.0 Å². The molecule has 2 saturated carbocycles. The lowest BCUT2D eigenvalue weighted by Gasteiger charge is -2.23. The number of nitrogens with zero attached hydrogens (tertiary/aromatic N) is 1. The molecule has 2 fully saturated rings. The van der Waals surface area contributed by atoms with Gasteiger partial charge in [0.05, 0.1) is 0 Å². The number of hydrogen-bond donors (Lipinski definition) is 2. The van der Waals surface area contributed by atoms with Crippen LogP contribution in [0.5, 0.6) is 0 Å². The lowest BCUT2D eigenvalue weighted by Crippen LogP contribution is -2.41. The van der Waals surface area contributed by atoms with Crippen LogP contribution in [-0.2, 0) is 0 Å². The second-order valence-corrected chi connectivity index (χ2v) is 5.33. The third-order valence-corrected chi connectivity index (χ3v) is 3.71. The fraction of sp³-hybridized carbons (Fsp3) is 0.923. The Morgan fingerprint density at radius 3 is 2.47 bits per heavy atom. The number of rotatable bonds is 5.